The maximum atomic E-state index is 5.54. The zero-order chi connectivity index (χ0) is 10.7. The molecule has 0 aliphatic carbocycles. The molecule has 2 aromatic rings. The van der Waals surface area contributed by atoms with E-state index in [1.165, 1.54) is 0 Å². The van der Waals surface area contributed by atoms with E-state index < -0.39 is 0 Å². The van der Waals surface area contributed by atoms with E-state index in [-0.39, 0.29) is 0 Å². The molecule has 0 aliphatic heterocycles. The van der Waals surface area contributed by atoms with Crippen LogP contribution in [0.4, 0.5) is 0 Å². The van der Waals surface area contributed by atoms with E-state index in [1.54, 1.807) is 0 Å². The second-order valence-electron chi connectivity index (χ2n) is 3.31. The monoisotopic (exact) mass is 265 g/mol. The Balaban J connectivity index is 2.36. The second kappa shape index (κ2) is 4.59. The van der Waals surface area contributed by atoms with Crippen molar-refractivity contribution in [3.05, 3.63) is 40.6 Å². The van der Waals surface area contributed by atoms with Crippen molar-refractivity contribution in [3.63, 3.8) is 0 Å². The Hall–Kier alpha value is -1.13. The van der Waals surface area contributed by atoms with Crippen molar-refractivity contribution in [1.82, 2.24) is 10.2 Å². The Kier molecular flexibility index (Phi) is 3.18. The lowest BCUT2D eigenvalue weighted by atomic mass is 10.1. The van der Waals surface area contributed by atoms with Crippen LogP contribution in [0.2, 0.25) is 0 Å². The van der Waals surface area contributed by atoms with Crippen molar-refractivity contribution in [3.8, 4) is 11.1 Å². The van der Waals surface area contributed by atoms with Crippen molar-refractivity contribution in [2.75, 3.05) is 6.54 Å². The van der Waals surface area contributed by atoms with Crippen LogP contribution in [0.1, 0.15) is 5.69 Å². The molecule has 0 radical (unpaired) electrons. The van der Waals surface area contributed by atoms with Crippen molar-refractivity contribution < 1.29 is 0 Å². The maximum Gasteiger partial charge on any atom is 0.0568 e. The zero-order valence-corrected chi connectivity index (χ0v) is 9.79. The average Bonchev–Trinajstić information content (AvgIpc) is 2.68. The molecule has 0 saturated heterocycles. The molecule has 0 atom stereocenters. The Morgan fingerprint density at radius 2 is 2.00 bits per heavy atom. The number of aromatic amines is 1. The lowest BCUT2D eigenvalue weighted by Gasteiger charge is -2.01. The molecule has 1 aromatic heterocycles. The summed E-state index contributed by atoms with van der Waals surface area (Å²) in [5.41, 5.74) is 8.93. The minimum Gasteiger partial charge on any atom is -0.330 e. The van der Waals surface area contributed by atoms with E-state index >= 15 is 0 Å². The number of hydrogen-bond acceptors (Lipinski definition) is 2. The maximum absolute atomic E-state index is 5.54. The highest BCUT2D eigenvalue weighted by Crippen LogP contribution is 2.23. The fourth-order valence-electron chi connectivity index (χ4n) is 1.53. The number of hydrogen-bond donors (Lipinski definition) is 2. The third-order valence-corrected chi connectivity index (χ3v) is 2.80. The van der Waals surface area contributed by atoms with Gasteiger partial charge in [0.05, 0.1) is 6.20 Å². The fraction of sp³-hybridized carbons (Fsp3) is 0.182. The van der Waals surface area contributed by atoms with Gasteiger partial charge in [-0.15, -0.1) is 0 Å². The van der Waals surface area contributed by atoms with Crippen LogP contribution < -0.4 is 5.73 Å². The van der Waals surface area contributed by atoms with Crippen molar-refractivity contribution in [2.24, 2.45) is 5.73 Å². The summed E-state index contributed by atoms with van der Waals surface area (Å²) in [6, 6.07) is 8.17. The Labute approximate surface area is 96.8 Å². The van der Waals surface area contributed by atoms with Crippen LogP contribution in [0, 0.1) is 0 Å². The Bertz CT molecular complexity index is 433. The molecule has 2 rings (SSSR count). The first kappa shape index (κ1) is 10.4. The van der Waals surface area contributed by atoms with Gasteiger partial charge in [0.15, 0.2) is 0 Å². The van der Waals surface area contributed by atoms with Crippen molar-refractivity contribution in [2.45, 2.75) is 6.42 Å². The largest absolute Gasteiger partial charge is 0.330 e. The van der Waals surface area contributed by atoms with Gasteiger partial charge in [0.2, 0.25) is 0 Å². The van der Waals surface area contributed by atoms with Gasteiger partial charge in [0, 0.05) is 22.2 Å². The second-order valence-corrected chi connectivity index (χ2v) is 4.22. The van der Waals surface area contributed by atoms with Crippen LogP contribution in [0.15, 0.2) is 34.9 Å². The molecule has 1 heterocycles. The standard InChI is InChI=1S/C11H12BrN3/c12-9-3-1-8(2-4-9)10-7-14-15-11(10)5-6-13/h1-4,7H,5-6,13H2,(H,14,15). The molecule has 4 heteroatoms. The third-order valence-electron chi connectivity index (χ3n) is 2.27. The van der Waals surface area contributed by atoms with Crippen LogP contribution >= 0.6 is 15.9 Å². The molecule has 0 aliphatic rings. The first-order chi connectivity index (χ1) is 7.31. The summed E-state index contributed by atoms with van der Waals surface area (Å²) < 4.78 is 1.08. The lowest BCUT2D eigenvalue weighted by Crippen LogP contribution is -2.03. The van der Waals surface area contributed by atoms with Crippen LogP contribution in [-0.2, 0) is 6.42 Å². The summed E-state index contributed by atoms with van der Waals surface area (Å²) in [4.78, 5) is 0. The number of nitrogens with one attached hydrogen (secondary N) is 1. The molecule has 0 spiro atoms. The fourth-order valence-corrected chi connectivity index (χ4v) is 1.79. The summed E-state index contributed by atoms with van der Waals surface area (Å²) in [7, 11) is 0. The van der Waals surface area contributed by atoms with Gasteiger partial charge in [0.1, 0.15) is 0 Å². The van der Waals surface area contributed by atoms with Crippen molar-refractivity contribution in [1.29, 1.82) is 0 Å². The number of H-pyrrole nitrogens is 1. The van der Waals surface area contributed by atoms with E-state index in [0.29, 0.717) is 6.54 Å². The van der Waals surface area contributed by atoms with Crippen LogP contribution in [0.5, 0.6) is 0 Å². The number of benzene rings is 1. The lowest BCUT2D eigenvalue weighted by molar-refractivity contribution is 0.902. The smallest absolute Gasteiger partial charge is 0.0568 e. The minimum atomic E-state index is 0.631. The predicted octanol–water partition coefficient (Wildman–Crippen LogP) is 2.34. The van der Waals surface area contributed by atoms with E-state index in [1.807, 2.05) is 18.3 Å². The van der Waals surface area contributed by atoms with Crippen LogP contribution in [-0.4, -0.2) is 16.7 Å². The van der Waals surface area contributed by atoms with E-state index in [0.717, 1.165) is 27.7 Å². The summed E-state index contributed by atoms with van der Waals surface area (Å²) in [6.45, 7) is 0.631. The molecule has 0 unspecified atom stereocenters. The Morgan fingerprint density at radius 3 is 2.67 bits per heavy atom. The third kappa shape index (κ3) is 2.27. The molecule has 3 N–H and O–H groups in total. The summed E-state index contributed by atoms with van der Waals surface area (Å²) in [6.07, 6.45) is 2.67. The molecule has 0 bridgehead atoms. The SMILES string of the molecule is NCCc1[nH]ncc1-c1ccc(Br)cc1. The van der Waals surface area contributed by atoms with Gasteiger partial charge in [-0.1, -0.05) is 28.1 Å². The molecule has 78 valence electrons. The highest BCUT2D eigenvalue weighted by molar-refractivity contribution is 9.10. The van der Waals surface area contributed by atoms with Gasteiger partial charge in [-0.25, -0.2) is 0 Å². The molecule has 1 aromatic carbocycles. The van der Waals surface area contributed by atoms with E-state index in [9.17, 15) is 0 Å². The summed E-state index contributed by atoms with van der Waals surface area (Å²) in [5.74, 6) is 0. The zero-order valence-electron chi connectivity index (χ0n) is 8.20. The average molecular weight is 266 g/mol. The number of nitrogens with two attached hydrogens (primary N) is 1. The van der Waals surface area contributed by atoms with Gasteiger partial charge < -0.3 is 5.73 Å². The summed E-state index contributed by atoms with van der Waals surface area (Å²) in [5, 5.41) is 7.03. The van der Waals surface area contributed by atoms with Gasteiger partial charge in [0.25, 0.3) is 0 Å². The topological polar surface area (TPSA) is 54.7 Å². The molecule has 0 fully saturated rings. The predicted molar refractivity (Wildman–Crippen MR) is 64.5 cm³/mol. The number of aromatic nitrogens is 2. The van der Waals surface area contributed by atoms with Crippen molar-refractivity contribution >= 4 is 15.9 Å². The molecular formula is C11H12BrN3. The normalized spacial score (nSPS) is 10.5. The first-order valence-corrected chi connectivity index (χ1v) is 5.59. The highest BCUT2D eigenvalue weighted by Gasteiger charge is 2.06. The minimum absolute atomic E-state index is 0.631. The van der Waals surface area contributed by atoms with Gasteiger partial charge in [-0.05, 0) is 24.2 Å². The first-order valence-electron chi connectivity index (χ1n) is 4.79. The molecular weight excluding hydrogens is 254 g/mol. The van der Waals surface area contributed by atoms with Crippen LogP contribution in [0.3, 0.4) is 0 Å². The number of rotatable bonds is 3. The molecule has 0 amide bonds. The summed E-state index contributed by atoms with van der Waals surface area (Å²) >= 11 is 3.41. The Morgan fingerprint density at radius 1 is 1.27 bits per heavy atom. The molecule has 3 nitrogen and oxygen atoms in total. The van der Waals surface area contributed by atoms with Gasteiger partial charge in [-0.3, -0.25) is 5.10 Å². The molecule has 0 saturated carbocycles. The van der Waals surface area contributed by atoms with Crippen LogP contribution in [0.25, 0.3) is 11.1 Å². The molecule has 15 heavy (non-hydrogen) atoms. The highest BCUT2D eigenvalue weighted by atomic mass is 79.9. The van der Waals surface area contributed by atoms with Gasteiger partial charge >= 0.3 is 0 Å². The van der Waals surface area contributed by atoms with E-state index in [2.05, 4.69) is 38.3 Å². The van der Waals surface area contributed by atoms with Gasteiger partial charge in [-0.2, -0.15) is 5.10 Å². The quantitative estimate of drug-likeness (QED) is 0.895. The number of halogens is 1. The number of nitrogens with zero attached hydrogens (tertiary/aromatic N) is 1. The van der Waals surface area contributed by atoms with E-state index in [4.69, 9.17) is 5.73 Å².